The number of fused-ring (bicyclic) bond motifs is 4. The molecule has 0 bridgehead atoms. The Morgan fingerprint density at radius 2 is 0.750 bits per heavy atom. The lowest BCUT2D eigenvalue weighted by Crippen LogP contribution is -2.37. The Morgan fingerprint density at radius 1 is 0.486 bits per heavy atom. The lowest BCUT2D eigenvalue weighted by Gasteiger charge is -2.14. The summed E-state index contributed by atoms with van der Waals surface area (Å²) < 4.78 is 108. The van der Waals surface area contributed by atoms with Crippen LogP contribution >= 0.6 is 0 Å². The SMILES string of the molecule is O=C([O-])C(F)(F)F.O=C([O-])C(F)(F)F.O=[N+]([O-])c1ccc2[nH+]c(CCc3[nH]c4cc([N+](=O)[O-])ccc4[nH+]3)[nH]c2c1.c1ccc2c(c1)OCCOCCOCCOc1ccccc1OCCOCCOCCO2. The Morgan fingerprint density at radius 3 is 1.00 bits per heavy atom. The summed E-state index contributed by atoms with van der Waals surface area (Å²) in [6.07, 6.45) is -9.12. The normalized spacial score (nSPS) is 14.4. The number of nitro benzene ring substituents is 2. The molecule has 0 aliphatic carbocycles. The molecule has 3 heterocycles. The minimum Gasteiger partial charge on any atom is -0.542 e. The van der Waals surface area contributed by atoms with Crippen molar-refractivity contribution in [1.82, 2.24) is 9.97 Å². The third kappa shape index (κ3) is 20.3. The van der Waals surface area contributed by atoms with Gasteiger partial charge in [0.1, 0.15) is 38.4 Å². The summed E-state index contributed by atoms with van der Waals surface area (Å²) in [6.45, 7) is 5.48. The Kier molecular flexibility index (Phi) is 22.7. The monoisotopic (exact) mass is 1030 g/mol. The Labute approximate surface area is 403 Å². The van der Waals surface area contributed by atoms with Crippen LogP contribution in [0, 0.1) is 20.2 Å². The molecule has 72 heavy (non-hydrogen) atoms. The zero-order valence-corrected chi connectivity index (χ0v) is 37.7. The van der Waals surface area contributed by atoms with Gasteiger partial charge in [-0.3, -0.25) is 20.2 Å². The number of rotatable bonds is 5. The van der Waals surface area contributed by atoms with Crippen LogP contribution in [0.5, 0.6) is 23.0 Å². The molecule has 6 aromatic rings. The first kappa shape index (κ1) is 56.8. The van der Waals surface area contributed by atoms with Gasteiger partial charge in [-0.1, -0.05) is 24.3 Å². The number of aliphatic carboxylic acids is 2. The number of hydrogen-bond donors (Lipinski definition) is 2. The van der Waals surface area contributed by atoms with Crippen molar-refractivity contribution < 1.29 is 104 Å². The minimum absolute atomic E-state index is 0.0323. The number of non-ortho nitro benzene ring substituents is 2. The molecular formula is C44H46F6N6O16. The topological polar surface area (TPSA) is 300 Å². The summed E-state index contributed by atoms with van der Waals surface area (Å²) in [5, 5.41) is 39.3. The largest absolute Gasteiger partial charge is 0.542 e. The molecule has 0 spiro atoms. The van der Waals surface area contributed by atoms with Crippen molar-refractivity contribution in [1.29, 1.82) is 0 Å². The van der Waals surface area contributed by atoms with Crippen LogP contribution < -0.4 is 39.1 Å². The summed E-state index contributed by atoms with van der Waals surface area (Å²) in [6, 6.07) is 24.3. The van der Waals surface area contributed by atoms with Crippen molar-refractivity contribution in [3.05, 3.63) is 117 Å². The number of carboxylic acids is 2. The fourth-order valence-electron chi connectivity index (χ4n) is 5.79. The number of imidazole rings is 2. The zero-order chi connectivity index (χ0) is 52.5. The van der Waals surface area contributed by atoms with Crippen LogP contribution in [0.15, 0.2) is 84.9 Å². The van der Waals surface area contributed by atoms with Gasteiger partial charge in [-0.25, -0.2) is 19.9 Å². The molecule has 0 amide bonds. The molecule has 4 N–H and O–H groups in total. The summed E-state index contributed by atoms with van der Waals surface area (Å²) in [7, 11) is 0. The molecule has 1 aliphatic rings. The van der Waals surface area contributed by atoms with E-state index in [1.54, 1.807) is 12.1 Å². The molecule has 0 atom stereocenters. The second-order valence-electron chi connectivity index (χ2n) is 14.2. The van der Waals surface area contributed by atoms with Crippen molar-refractivity contribution >= 4 is 45.4 Å². The molecule has 22 nitrogen and oxygen atoms in total. The van der Waals surface area contributed by atoms with E-state index >= 15 is 0 Å². The maximum Gasteiger partial charge on any atom is 0.430 e. The Hall–Kier alpha value is -7.82. The van der Waals surface area contributed by atoms with Crippen LogP contribution in [-0.2, 0) is 41.4 Å². The van der Waals surface area contributed by atoms with Crippen molar-refractivity contribution in [2.75, 3.05) is 79.3 Å². The predicted molar refractivity (Wildman–Crippen MR) is 231 cm³/mol. The number of halogens is 6. The number of carboxylic acid groups (broad SMARTS) is 2. The molecular weight excluding hydrogens is 982 g/mol. The van der Waals surface area contributed by atoms with Gasteiger partial charge in [0, 0.05) is 12.1 Å². The Bertz CT molecular complexity index is 2420. The molecule has 4 aromatic carbocycles. The van der Waals surface area contributed by atoms with Gasteiger partial charge in [0.25, 0.3) is 23.0 Å². The number of hydrogen-bond acceptors (Lipinski definition) is 16. The van der Waals surface area contributed by atoms with E-state index in [0.717, 1.165) is 22.7 Å². The van der Waals surface area contributed by atoms with Crippen molar-refractivity contribution in [2.24, 2.45) is 0 Å². The Balaban J connectivity index is 0.000000250. The third-order valence-corrected chi connectivity index (χ3v) is 9.04. The summed E-state index contributed by atoms with van der Waals surface area (Å²) >= 11 is 0. The first-order valence-corrected chi connectivity index (χ1v) is 21.2. The van der Waals surface area contributed by atoms with Crippen molar-refractivity contribution in [3.8, 4) is 23.0 Å². The average molecular weight is 1030 g/mol. The van der Waals surface area contributed by atoms with Crippen LogP contribution in [0.25, 0.3) is 22.1 Å². The fourth-order valence-corrected chi connectivity index (χ4v) is 5.79. The van der Waals surface area contributed by atoms with Crippen LogP contribution in [-0.4, -0.2) is 123 Å². The van der Waals surface area contributed by atoms with Gasteiger partial charge in [-0.15, -0.1) is 0 Å². The predicted octanol–water partition coefficient (Wildman–Crippen LogP) is 3.46. The number of nitrogens with zero attached hydrogens (tertiary/aromatic N) is 2. The van der Waals surface area contributed by atoms with Crippen LogP contribution in [0.4, 0.5) is 37.7 Å². The molecule has 0 radical (unpaired) electrons. The third-order valence-electron chi connectivity index (χ3n) is 9.04. The van der Waals surface area contributed by atoms with Gasteiger partial charge in [0.15, 0.2) is 45.1 Å². The van der Waals surface area contributed by atoms with E-state index in [0.29, 0.717) is 126 Å². The van der Waals surface area contributed by atoms with Crippen LogP contribution in [0.3, 0.4) is 0 Å². The van der Waals surface area contributed by atoms with Gasteiger partial charge in [0.05, 0.1) is 87.7 Å². The second-order valence-corrected chi connectivity index (χ2v) is 14.2. The molecule has 0 saturated heterocycles. The number of aromatic amines is 4. The number of ether oxygens (including phenoxy) is 8. The fraction of sp³-hybridized carbons (Fsp3) is 0.364. The highest BCUT2D eigenvalue weighted by atomic mass is 19.4. The number of alkyl halides is 6. The maximum absolute atomic E-state index is 10.8. The number of aromatic nitrogens is 4. The van der Waals surface area contributed by atoms with Gasteiger partial charge < -0.3 is 57.7 Å². The highest BCUT2D eigenvalue weighted by molar-refractivity contribution is 5.75. The lowest BCUT2D eigenvalue weighted by atomic mass is 10.3. The number of carbonyl (C=O) groups is 2. The van der Waals surface area contributed by atoms with E-state index < -0.39 is 34.1 Å². The van der Waals surface area contributed by atoms with Crippen LogP contribution in [0.2, 0.25) is 0 Å². The van der Waals surface area contributed by atoms with Gasteiger partial charge in [-0.05, 0) is 36.4 Å². The maximum atomic E-state index is 10.8. The first-order valence-electron chi connectivity index (χ1n) is 21.2. The van der Waals surface area contributed by atoms with Crippen LogP contribution in [0.1, 0.15) is 11.6 Å². The molecule has 2 aromatic heterocycles. The van der Waals surface area contributed by atoms with E-state index in [-0.39, 0.29) is 11.4 Å². The molecule has 0 unspecified atom stereocenters. The number of benzene rings is 4. The number of carbonyl (C=O) groups excluding carboxylic acids is 2. The molecule has 0 fully saturated rings. The highest BCUT2D eigenvalue weighted by Crippen LogP contribution is 2.27. The van der Waals surface area contributed by atoms with E-state index in [2.05, 4.69) is 19.9 Å². The standard InChI is InChI=1S/C24H32O8.C16H12N6O4.2C2HF3O2/c1-2-6-22-21(5-1)29-17-13-25-9-10-27-15-19-31-23-7-3-4-8-24(23)32-20-16-28-12-11-26-14-18-30-22;23-21(24)9-1-3-11-13(7-9)19-15(17-11)5-6-16-18-12-4-2-10(22(25)26)8-14(12)20-16;2*3-2(4,5)1(6)7/h1-8H,9-20H2;1-4,7-8H,5-6H2,(H,17,19)(H,18,20);2*(H,6,7). The van der Waals surface area contributed by atoms with E-state index in [1.807, 2.05) is 48.5 Å². The lowest BCUT2D eigenvalue weighted by molar-refractivity contribution is -0.385. The number of para-hydroxylation sites is 4. The van der Waals surface area contributed by atoms with Gasteiger partial charge in [-0.2, -0.15) is 26.3 Å². The minimum atomic E-state index is -5.19. The quantitative estimate of drug-likeness (QED) is 0.142. The molecule has 28 heteroatoms. The van der Waals surface area contributed by atoms with Crippen molar-refractivity contribution in [2.45, 2.75) is 25.2 Å². The summed E-state index contributed by atoms with van der Waals surface area (Å²) in [5.74, 6) is -1.62. The van der Waals surface area contributed by atoms with E-state index in [1.165, 1.54) is 24.3 Å². The second kappa shape index (κ2) is 28.7. The summed E-state index contributed by atoms with van der Waals surface area (Å²) in [5.41, 5.74) is 2.99. The average Bonchev–Trinajstić information content (AvgIpc) is 3.95. The number of H-pyrrole nitrogens is 4. The number of nitro groups is 2. The number of nitrogens with one attached hydrogen (secondary N) is 4. The molecule has 7 rings (SSSR count). The molecule has 390 valence electrons. The molecule has 0 saturated carbocycles. The zero-order valence-electron chi connectivity index (χ0n) is 37.7. The first-order chi connectivity index (χ1) is 34.3. The van der Waals surface area contributed by atoms with Gasteiger partial charge in [0.2, 0.25) is 0 Å². The summed E-state index contributed by atoms with van der Waals surface area (Å²) in [4.78, 5) is 51.1. The number of aryl methyl sites for hydroxylation is 2. The van der Waals surface area contributed by atoms with E-state index in [4.69, 9.17) is 57.7 Å². The van der Waals surface area contributed by atoms with Gasteiger partial charge >= 0.3 is 12.4 Å². The highest BCUT2D eigenvalue weighted by Gasteiger charge is 2.29. The molecule has 1 aliphatic heterocycles. The van der Waals surface area contributed by atoms with E-state index in [9.17, 15) is 46.6 Å². The van der Waals surface area contributed by atoms with Crippen molar-refractivity contribution in [3.63, 3.8) is 0 Å². The smallest absolute Gasteiger partial charge is 0.430 e.